The number of aryl methyl sites for hydroxylation is 1. The lowest BCUT2D eigenvalue weighted by Crippen LogP contribution is -2.30. The molecular weight excluding hydrogens is 286 g/mol. The Hall–Kier alpha value is -0.920. The van der Waals surface area contributed by atoms with Crippen molar-refractivity contribution in [2.24, 2.45) is 0 Å². The quantitative estimate of drug-likeness (QED) is 0.855. The van der Waals surface area contributed by atoms with Gasteiger partial charge in [-0.05, 0) is 40.8 Å². The second kappa shape index (κ2) is 4.99. The zero-order chi connectivity index (χ0) is 12.5. The molecule has 0 aliphatic carbocycles. The summed E-state index contributed by atoms with van der Waals surface area (Å²) >= 11 is 4.67. The smallest absolute Gasteiger partial charge is 0.268 e. The minimum atomic E-state index is 0.0590. The maximum absolute atomic E-state index is 12.5. The van der Waals surface area contributed by atoms with Gasteiger partial charge >= 0.3 is 0 Å². The Balaban J connectivity index is 1.88. The van der Waals surface area contributed by atoms with Crippen molar-refractivity contribution in [1.29, 1.82) is 0 Å². The van der Waals surface area contributed by atoms with Gasteiger partial charge in [0.25, 0.3) is 5.91 Å². The molecule has 2 aromatic heterocycles. The molecule has 18 heavy (non-hydrogen) atoms. The van der Waals surface area contributed by atoms with Crippen molar-refractivity contribution in [1.82, 2.24) is 14.5 Å². The number of hydrogen-bond acceptors (Lipinski definition) is 6. The summed E-state index contributed by atoms with van der Waals surface area (Å²) in [5.41, 5.74) is 1.94. The van der Waals surface area contributed by atoms with Crippen LogP contribution in [-0.2, 0) is 0 Å². The fourth-order valence-corrected chi connectivity index (χ4v) is 4.55. The highest BCUT2D eigenvalue weighted by molar-refractivity contribution is 7.99. The molecule has 0 radical (unpaired) electrons. The van der Waals surface area contributed by atoms with Crippen LogP contribution in [0.3, 0.4) is 0 Å². The Bertz CT molecular complexity index is 552. The minimum Gasteiger partial charge on any atom is -0.321 e. The molecule has 1 aliphatic rings. The van der Waals surface area contributed by atoms with E-state index in [0.717, 1.165) is 18.0 Å². The summed E-state index contributed by atoms with van der Waals surface area (Å²) in [5.74, 6) is 1.04. The van der Waals surface area contributed by atoms with Gasteiger partial charge in [0, 0.05) is 12.3 Å². The predicted octanol–water partition coefficient (Wildman–Crippen LogP) is 2.80. The summed E-state index contributed by atoms with van der Waals surface area (Å²) in [6.07, 6.45) is 0. The van der Waals surface area contributed by atoms with E-state index in [9.17, 15) is 4.79 Å². The van der Waals surface area contributed by atoms with E-state index in [2.05, 4.69) is 26.4 Å². The third-order valence-corrected chi connectivity index (χ3v) is 5.60. The summed E-state index contributed by atoms with van der Waals surface area (Å²) in [7, 11) is 0. The lowest BCUT2D eigenvalue weighted by molar-refractivity contribution is 0.0764. The van der Waals surface area contributed by atoms with Gasteiger partial charge in [-0.3, -0.25) is 4.79 Å². The first-order valence-electron chi connectivity index (χ1n) is 5.51. The van der Waals surface area contributed by atoms with Crippen molar-refractivity contribution < 1.29 is 4.79 Å². The highest BCUT2D eigenvalue weighted by Crippen LogP contribution is 2.39. The molecule has 1 fully saturated rings. The topological polar surface area (TPSA) is 46.1 Å². The van der Waals surface area contributed by atoms with Crippen LogP contribution in [0.1, 0.15) is 26.3 Å². The molecule has 1 unspecified atom stereocenters. The van der Waals surface area contributed by atoms with E-state index >= 15 is 0 Å². The van der Waals surface area contributed by atoms with E-state index in [1.807, 2.05) is 23.6 Å². The van der Waals surface area contributed by atoms with Crippen molar-refractivity contribution in [3.8, 4) is 0 Å². The van der Waals surface area contributed by atoms with Gasteiger partial charge in [0.15, 0.2) is 0 Å². The average molecular weight is 297 g/mol. The van der Waals surface area contributed by atoms with E-state index in [1.165, 1.54) is 17.1 Å². The molecule has 1 aliphatic heterocycles. The van der Waals surface area contributed by atoms with Gasteiger partial charge in [-0.2, -0.15) is 11.3 Å². The van der Waals surface area contributed by atoms with E-state index in [1.54, 1.807) is 11.3 Å². The van der Waals surface area contributed by atoms with Crippen LogP contribution in [0.5, 0.6) is 0 Å². The summed E-state index contributed by atoms with van der Waals surface area (Å²) in [6, 6.07) is 2.09. The molecule has 0 N–H and O–H groups in total. The van der Waals surface area contributed by atoms with Crippen molar-refractivity contribution in [2.45, 2.75) is 12.3 Å². The number of rotatable bonds is 2. The minimum absolute atomic E-state index is 0.0590. The lowest BCUT2D eigenvalue weighted by atomic mass is 10.2. The van der Waals surface area contributed by atoms with Crippen LogP contribution >= 0.6 is 34.6 Å². The standard InChI is InChI=1S/C11H11N3OS3/c1-7-9(18-13-12-7)10(15)14-3-5-17-11(14)8-2-4-16-6-8/h2,4,6,11H,3,5H2,1H3. The van der Waals surface area contributed by atoms with Gasteiger partial charge in [-0.1, -0.05) is 4.49 Å². The van der Waals surface area contributed by atoms with Gasteiger partial charge in [0.2, 0.25) is 0 Å². The summed E-state index contributed by atoms with van der Waals surface area (Å²) in [5, 5.41) is 8.22. The van der Waals surface area contributed by atoms with Crippen LogP contribution in [-0.4, -0.2) is 32.7 Å². The first-order valence-corrected chi connectivity index (χ1v) is 8.27. The number of carbonyl (C=O) groups excluding carboxylic acids is 1. The highest BCUT2D eigenvalue weighted by Gasteiger charge is 2.33. The SMILES string of the molecule is Cc1nnsc1C(=O)N1CCSC1c1ccsc1. The van der Waals surface area contributed by atoms with Crippen molar-refractivity contribution in [2.75, 3.05) is 12.3 Å². The molecule has 0 bridgehead atoms. The molecule has 94 valence electrons. The normalized spacial score (nSPS) is 19.4. The van der Waals surface area contributed by atoms with Crippen LogP contribution in [0.25, 0.3) is 0 Å². The highest BCUT2D eigenvalue weighted by atomic mass is 32.2. The molecule has 3 heterocycles. The summed E-state index contributed by atoms with van der Waals surface area (Å²) in [4.78, 5) is 15.1. The lowest BCUT2D eigenvalue weighted by Gasteiger charge is -2.22. The van der Waals surface area contributed by atoms with Gasteiger partial charge < -0.3 is 4.90 Å². The molecular formula is C11H11N3OS3. The molecule has 3 rings (SSSR count). The predicted molar refractivity (Wildman–Crippen MR) is 75.2 cm³/mol. The van der Waals surface area contributed by atoms with Crippen LogP contribution in [0.2, 0.25) is 0 Å². The third kappa shape index (κ3) is 2.06. The maximum Gasteiger partial charge on any atom is 0.268 e. The van der Waals surface area contributed by atoms with E-state index in [0.29, 0.717) is 4.88 Å². The molecule has 7 heteroatoms. The number of amides is 1. The number of hydrogen-bond donors (Lipinski definition) is 0. The fraction of sp³-hybridized carbons (Fsp3) is 0.364. The Kier molecular flexibility index (Phi) is 3.36. The van der Waals surface area contributed by atoms with E-state index in [4.69, 9.17) is 0 Å². The molecule has 4 nitrogen and oxygen atoms in total. The van der Waals surface area contributed by atoms with Gasteiger partial charge in [0.05, 0.1) is 5.69 Å². The Labute approximate surface area is 117 Å². The molecule has 0 spiro atoms. The zero-order valence-electron chi connectivity index (χ0n) is 9.70. The average Bonchev–Trinajstić information content (AvgIpc) is 3.09. The third-order valence-electron chi connectivity index (χ3n) is 2.83. The summed E-state index contributed by atoms with van der Waals surface area (Å²) in [6.45, 7) is 2.63. The van der Waals surface area contributed by atoms with Crippen molar-refractivity contribution in [3.05, 3.63) is 33.0 Å². The fourth-order valence-electron chi connectivity index (χ4n) is 1.93. The first-order chi connectivity index (χ1) is 8.77. The van der Waals surface area contributed by atoms with E-state index < -0.39 is 0 Å². The van der Waals surface area contributed by atoms with Gasteiger partial charge in [0.1, 0.15) is 10.3 Å². The molecule has 2 aromatic rings. The molecule has 1 saturated heterocycles. The number of thioether (sulfide) groups is 1. The molecule has 1 amide bonds. The Morgan fingerprint density at radius 3 is 3.11 bits per heavy atom. The molecule has 0 saturated carbocycles. The van der Waals surface area contributed by atoms with Crippen molar-refractivity contribution >= 4 is 40.5 Å². The van der Waals surface area contributed by atoms with Crippen LogP contribution in [0.15, 0.2) is 16.8 Å². The van der Waals surface area contributed by atoms with Crippen LogP contribution in [0, 0.1) is 6.92 Å². The van der Waals surface area contributed by atoms with E-state index in [-0.39, 0.29) is 11.3 Å². The maximum atomic E-state index is 12.5. The molecule has 0 aromatic carbocycles. The van der Waals surface area contributed by atoms with Gasteiger partial charge in [-0.25, -0.2) is 0 Å². The Morgan fingerprint density at radius 1 is 1.56 bits per heavy atom. The number of aromatic nitrogens is 2. The summed E-state index contributed by atoms with van der Waals surface area (Å²) < 4.78 is 3.84. The monoisotopic (exact) mass is 297 g/mol. The largest absolute Gasteiger partial charge is 0.321 e. The van der Waals surface area contributed by atoms with Crippen molar-refractivity contribution in [3.63, 3.8) is 0 Å². The second-order valence-electron chi connectivity index (χ2n) is 3.97. The van der Waals surface area contributed by atoms with Crippen LogP contribution in [0.4, 0.5) is 0 Å². The Morgan fingerprint density at radius 2 is 2.44 bits per heavy atom. The first kappa shape index (κ1) is 12.1. The van der Waals surface area contributed by atoms with Crippen LogP contribution < -0.4 is 0 Å². The molecule has 1 atom stereocenters. The number of carbonyl (C=O) groups is 1. The number of thiophene rings is 1. The number of nitrogens with zero attached hydrogens (tertiary/aromatic N) is 3. The zero-order valence-corrected chi connectivity index (χ0v) is 12.1. The van der Waals surface area contributed by atoms with Gasteiger partial charge in [-0.15, -0.1) is 16.9 Å². The second-order valence-corrected chi connectivity index (χ2v) is 6.69.